The summed E-state index contributed by atoms with van der Waals surface area (Å²) in [7, 11) is -3.73. The molecule has 0 radical (unpaired) electrons. The third kappa shape index (κ3) is 3.48. The van der Waals surface area contributed by atoms with Crippen LogP contribution in [0.4, 0.5) is 5.69 Å². The van der Waals surface area contributed by atoms with Crippen molar-refractivity contribution in [3.05, 3.63) is 71.5 Å². The molecule has 0 fully saturated rings. The minimum atomic E-state index is -3.73. The zero-order valence-corrected chi connectivity index (χ0v) is 15.0. The normalized spacial score (nSPS) is 11.3. The molecule has 0 amide bonds. The first-order valence-corrected chi connectivity index (χ1v) is 9.29. The minimum absolute atomic E-state index is 0.166. The van der Waals surface area contributed by atoms with Gasteiger partial charge in [0.1, 0.15) is 5.76 Å². The number of anilines is 1. The summed E-state index contributed by atoms with van der Waals surface area (Å²) in [4.78, 5) is 11.1. The Hall–Kier alpha value is -3.06. The van der Waals surface area contributed by atoms with Crippen LogP contribution in [0.2, 0.25) is 0 Å². The number of benzene rings is 2. The summed E-state index contributed by atoms with van der Waals surface area (Å²) in [5.41, 5.74) is 2.61. The van der Waals surface area contributed by atoms with Gasteiger partial charge in [0, 0.05) is 5.56 Å². The standard InChI is InChI=1S/C19H17NO5S/c1-12-6-8-14(9-7-12)26(23,24)20-16-5-3-4-15(13(16)2)17-10-11-18(25-17)19(21)22/h3-11,20H,1-2H3,(H,21,22). The maximum Gasteiger partial charge on any atom is 0.371 e. The van der Waals surface area contributed by atoms with E-state index in [1.54, 1.807) is 55.5 Å². The number of furan rings is 1. The Balaban J connectivity index is 1.96. The van der Waals surface area contributed by atoms with Crippen LogP contribution in [0, 0.1) is 13.8 Å². The average Bonchev–Trinajstić information content (AvgIpc) is 3.07. The van der Waals surface area contributed by atoms with Crippen LogP contribution >= 0.6 is 0 Å². The van der Waals surface area contributed by atoms with Crippen LogP contribution in [0.1, 0.15) is 21.7 Å². The molecule has 0 aliphatic rings. The summed E-state index contributed by atoms with van der Waals surface area (Å²) in [6, 6.07) is 14.5. The van der Waals surface area contributed by atoms with Crippen molar-refractivity contribution in [1.29, 1.82) is 0 Å². The predicted octanol–water partition coefficient (Wildman–Crippen LogP) is 4.06. The number of aryl methyl sites for hydroxylation is 1. The van der Waals surface area contributed by atoms with Gasteiger partial charge in [-0.05, 0) is 49.7 Å². The van der Waals surface area contributed by atoms with Gasteiger partial charge in [-0.1, -0.05) is 29.8 Å². The number of rotatable bonds is 5. The quantitative estimate of drug-likeness (QED) is 0.705. The van der Waals surface area contributed by atoms with Gasteiger partial charge < -0.3 is 9.52 Å². The van der Waals surface area contributed by atoms with Crippen molar-refractivity contribution in [2.24, 2.45) is 0 Å². The van der Waals surface area contributed by atoms with Crippen molar-refractivity contribution in [2.45, 2.75) is 18.7 Å². The molecule has 2 N–H and O–H groups in total. The number of nitrogens with one attached hydrogen (secondary N) is 1. The Morgan fingerprint density at radius 2 is 1.69 bits per heavy atom. The van der Waals surface area contributed by atoms with E-state index in [1.807, 2.05) is 6.92 Å². The highest BCUT2D eigenvalue weighted by Crippen LogP contribution is 2.31. The summed E-state index contributed by atoms with van der Waals surface area (Å²) in [5.74, 6) is -0.980. The molecule has 7 heteroatoms. The van der Waals surface area contributed by atoms with E-state index in [4.69, 9.17) is 9.52 Å². The second kappa shape index (κ2) is 6.68. The lowest BCUT2D eigenvalue weighted by Crippen LogP contribution is -2.13. The summed E-state index contributed by atoms with van der Waals surface area (Å²) in [5, 5.41) is 8.98. The largest absolute Gasteiger partial charge is 0.475 e. The average molecular weight is 371 g/mol. The monoisotopic (exact) mass is 371 g/mol. The van der Waals surface area contributed by atoms with Crippen LogP contribution in [0.3, 0.4) is 0 Å². The highest BCUT2D eigenvalue weighted by molar-refractivity contribution is 7.92. The van der Waals surface area contributed by atoms with E-state index in [9.17, 15) is 13.2 Å². The van der Waals surface area contributed by atoms with Crippen molar-refractivity contribution >= 4 is 21.7 Å². The van der Waals surface area contributed by atoms with Crippen molar-refractivity contribution in [2.75, 3.05) is 4.72 Å². The summed E-state index contributed by atoms with van der Waals surface area (Å²) < 4.78 is 33.1. The smallest absolute Gasteiger partial charge is 0.371 e. The SMILES string of the molecule is Cc1ccc(S(=O)(=O)Nc2cccc(-c3ccc(C(=O)O)o3)c2C)cc1. The first-order valence-electron chi connectivity index (χ1n) is 7.80. The van der Waals surface area contributed by atoms with E-state index in [2.05, 4.69) is 4.72 Å². The number of sulfonamides is 1. The second-order valence-electron chi connectivity index (χ2n) is 5.87. The minimum Gasteiger partial charge on any atom is -0.475 e. The van der Waals surface area contributed by atoms with E-state index < -0.39 is 16.0 Å². The molecule has 0 bridgehead atoms. The number of aromatic carboxylic acids is 1. The molecule has 0 saturated heterocycles. The molecule has 0 aliphatic heterocycles. The third-order valence-corrected chi connectivity index (χ3v) is 5.37. The second-order valence-corrected chi connectivity index (χ2v) is 7.55. The molecule has 26 heavy (non-hydrogen) atoms. The zero-order chi connectivity index (χ0) is 18.9. The molecule has 3 rings (SSSR count). The molecule has 2 aromatic carbocycles. The molecule has 0 aliphatic carbocycles. The lowest BCUT2D eigenvalue weighted by Gasteiger charge is -2.13. The molecular weight excluding hydrogens is 354 g/mol. The Labute approximate surface area is 151 Å². The van der Waals surface area contributed by atoms with Gasteiger partial charge in [0.25, 0.3) is 10.0 Å². The van der Waals surface area contributed by atoms with Crippen molar-refractivity contribution in [1.82, 2.24) is 0 Å². The summed E-state index contributed by atoms with van der Waals surface area (Å²) >= 11 is 0. The molecule has 1 aromatic heterocycles. The fraction of sp³-hybridized carbons (Fsp3) is 0.105. The van der Waals surface area contributed by atoms with Crippen LogP contribution in [-0.2, 0) is 10.0 Å². The summed E-state index contributed by atoms with van der Waals surface area (Å²) in [6.07, 6.45) is 0. The van der Waals surface area contributed by atoms with Gasteiger partial charge in [-0.2, -0.15) is 0 Å². The molecule has 3 aromatic rings. The third-order valence-electron chi connectivity index (χ3n) is 3.99. The van der Waals surface area contributed by atoms with E-state index in [1.165, 1.54) is 6.07 Å². The number of hydrogen-bond donors (Lipinski definition) is 2. The van der Waals surface area contributed by atoms with Crippen LogP contribution < -0.4 is 4.72 Å². The fourth-order valence-electron chi connectivity index (χ4n) is 2.53. The molecule has 6 nitrogen and oxygen atoms in total. The first-order chi connectivity index (χ1) is 12.3. The van der Waals surface area contributed by atoms with Gasteiger partial charge in [0.15, 0.2) is 0 Å². The van der Waals surface area contributed by atoms with Crippen LogP contribution in [0.25, 0.3) is 11.3 Å². The molecule has 1 heterocycles. The Kier molecular flexibility index (Phi) is 4.56. The van der Waals surface area contributed by atoms with E-state index >= 15 is 0 Å². The number of carboxylic acid groups (broad SMARTS) is 1. The van der Waals surface area contributed by atoms with Crippen molar-refractivity contribution in [3.63, 3.8) is 0 Å². The Morgan fingerprint density at radius 1 is 1.00 bits per heavy atom. The highest BCUT2D eigenvalue weighted by atomic mass is 32.2. The van der Waals surface area contributed by atoms with Gasteiger partial charge in [-0.25, -0.2) is 13.2 Å². The first kappa shape index (κ1) is 17.8. The van der Waals surface area contributed by atoms with E-state index in [-0.39, 0.29) is 10.7 Å². The van der Waals surface area contributed by atoms with Crippen LogP contribution in [0.15, 0.2) is 63.9 Å². The molecule has 0 spiro atoms. The van der Waals surface area contributed by atoms with Gasteiger partial charge in [0.05, 0.1) is 10.6 Å². The van der Waals surface area contributed by atoms with Crippen LogP contribution in [0.5, 0.6) is 0 Å². The van der Waals surface area contributed by atoms with Gasteiger partial charge in [-0.3, -0.25) is 4.72 Å². The molecule has 0 atom stereocenters. The molecular formula is C19H17NO5S. The maximum absolute atomic E-state index is 12.6. The van der Waals surface area contributed by atoms with Crippen molar-refractivity contribution in [3.8, 4) is 11.3 Å². The number of hydrogen-bond acceptors (Lipinski definition) is 4. The van der Waals surface area contributed by atoms with E-state index in [0.717, 1.165) is 5.56 Å². The number of carboxylic acids is 1. The Bertz CT molecular complexity index is 1070. The topological polar surface area (TPSA) is 96.6 Å². The van der Waals surface area contributed by atoms with E-state index in [0.29, 0.717) is 22.6 Å². The molecule has 134 valence electrons. The zero-order valence-electron chi connectivity index (χ0n) is 14.2. The molecule has 0 unspecified atom stereocenters. The fourth-order valence-corrected chi connectivity index (χ4v) is 3.65. The van der Waals surface area contributed by atoms with Gasteiger partial charge in [0.2, 0.25) is 5.76 Å². The summed E-state index contributed by atoms with van der Waals surface area (Å²) in [6.45, 7) is 3.62. The Morgan fingerprint density at radius 3 is 2.31 bits per heavy atom. The van der Waals surface area contributed by atoms with Crippen molar-refractivity contribution < 1.29 is 22.7 Å². The van der Waals surface area contributed by atoms with Crippen LogP contribution in [-0.4, -0.2) is 19.5 Å². The van der Waals surface area contributed by atoms with Gasteiger partial charge in [-0.15, -0.1) is 0 Å². The predicted molar refractivity (Wildman–Crippen MR) is 97.8 cm³/mol. The number of carbonyl (C=O) groups is 1. The lowest BCUT2D eigenvalue weighted by atomic mass is 10.1. The van der Waals surface area contributed by atoms with Gasteiger partial charge >= 0.3 is 5.97 Å². The molecule has 0 saturated carbocycles. The maximum atomic E-state index is 12.6. The lowest BCUT2D eigenvalue weighted by molar-refractivity contribution is 0.0663. The highest BCUT2D eigenvalue weighted by Gasteiger charge is 2.18.